The van der Waals surface area contributed by atoms with Crippen molar-refractivity contribution >= 4 is 34.1 Å². The Kier molecular flexibility index (Phi) is 7.66. The molecule has 5 aromatic rings. The van der Waals surface area contributed by atoms with Crippen LogP contribution in [0.15, 0.2) is 85.1 Å². The van der Waals surface area contributed by atoms with Crippen molar-refractivity contribution in [1.82, 2.24) is 14.8 Å². The minimum Gasteiger partial charge on any atom is -0.492 e. The lowest BCUT2D eigenvalue weighted by Crippen LogP contribution is -2.21. The molecule has 0 aliphatic rings. The first-order chi connectivity index (χ1) is 19.6. The fourth-order valence-electron chi connectivity index (χ4n) is 4.58. The van der Waals surface area contributed by atoms with Crippen LogP contribution in [-0.4, -0.2) is 27.4 Å². The number of nitrogens with one attached hydrogen (secondary N) is 2. The normalized spacial score (nSPS) is 12.2. The van der Waals surface area contributed by atoms with Gasteiger partial charge < -0.3 is 15.8 Å². The van der Waals surface area contributed by atoms with Crippen LogP contribution in [0.25, 0.3) is 16.5 Å². The van der Waals surface area contributed by atoms with Crippen LogP contribution in [0.5, 0.6) is 5.75 Å². The molecule has 0 radical (unpaired) electrons. The highest BCUT2D eigenvalue weighted by atomic mass is 16.5. The molecule has 2 heterocycles. The quantitative estimate of drug-likeness (QED) is 0.196. The van der Waals surface area contributed by atoms with E-state index in [0.29, 0.717) is 23.9 Å². The van der Waals surface area contributed by atoms with Crippen molar-refractivity contribution < 1.29 is 9.53 Å². The molecule has 2 aromatic heterocycles. The molecule has 0 spiro atoms. The molecule has 41 heavy (non-hydrogen) atoms. The van der Waals surface area contributed by atoms with Gasteiger partial charge in [-0.05, 0) is 48.9 Å². The second-order valence-corrected chi connectivity index (χ2v) is 11.4. The van der Waals surface area contributed by atoms with E-state index in [2.05, 4.69) is 43.3 Å². The van der Waals surface area contributed by atoms with Crippen molar-refractivity contribution in [3.63, 3.8) is 0 Å². The summed E-state index contributed by atoms with van der Waals surface area (Å²) in [4.78, 5) is 17.4. The number of aryl methyl sites for hydroxylation is 1. The molecule has 2 amide bonds. The molecule has 210 valence electrons. The van der Waals surface area contributed by atoms with Crippen molar-refractivity contribution in [2.24, 2.45) is 0 Å². The largest absolute Gasteiger partial charge is 0.492 e. The second-order valence-electron chi connectivity index (χ2n) is 11.4. The number of pyridine rings is 1. The molecule has 4 N–H and O–H groups in total. The highest BCUT2D eigenvalue weighted by Crippen LogP contribution is 2.33. The van der Waals surface area contributed by atoms with E-state index in [1.54, 1.807) is 10.9 Å². The summed E-state index contributed by atoms with van der Waals surface area (Å²) >= 11 is 0. The predicted molar refractivity (Wildman–Crippen MR) is 166 cm³/mol. The summed E-state index contributed by atoms with van der Waals surface area (Å²) in [6.45, 7) is 10.9. The number of aromatic nitrogens is 3. The molecular weight excluding hydrogens is 512 g/mol. The number of ether oxygens (including phenoxy) is 1. The first-order valence-corrected chi connectivity index (χ1v) is 13.7. The summed E-state index contributed by atoms with van der Waals surface area (Å²) in [5.74, 6) is 1.95. The lowest BCUT2D eigenvalue weighted by Gasteiger charge is -2.17. The van der Waals surface area contributed by atoms with E-state index >= 15 is 0 Å². The number of amides is 2. The van der Waals surface area contributed by atoms with Crippen LogP contribution in [0.2, 0.25) is 0 Å². The summed E-state index contributed by atoms with van der Waals surface area (Å²) in [7, 11) is 0. The molecule has 5 rings (SSSR count). The Labute approximate surface area is 240 Å². The number of nitrogens with two attached hydrogens (primary N) is 1. The number of fused-ring (bicyclic) bond motifs is 1. The monoisotopic (exact) mass is 548 g/mol. The number of urea groups is 1. The van der Waals surface area contributed by atoms with E-state index in [0.717, 1.165) is 39.0 Å². The zero-order valence-corrected chi connectivity index (χ0v) is 24.1. The Morgan fingerprint density at radius 1 is 0.976 bits per heavy atom. The Morgan fingerprint density at radius 2 is 1.71 bits per heavy atom. The van der Waals surface area contributed by atoms with E-state index in [4.69, 9.17) is 15.6 Å². The number of hydrogen-bond donors (Lipinski definition) is 3. The van der Waals surface area contributed by atoms with E-state index in [9.17, 15) is 4.79 Å². The molecule has 0 saturated heterocycles. The maximum absolute atomic E-state index is 13.3. The van der Waals surface area contributed by atoms with Gasteiger partial charge in [-0.2, -0.15) is 5.10 Å². The number of carbonyl (C=O) groups is 1. The number of anilines is 3. The van der Waals surface area contributed by atoms with Gasteiger partial charge in [-0.1, -0.05) is 69.7 Å². The van der Waals surface area contributed by atoms with Gasteiger partial charge in [0.05, 0.1) is 23.7 Å². The lowest BCUT2D eigenvalue weighted by atomic mass is 9.92. The fourth-order valence-corrected chi connectivity index (χ4v) is 4.58. The highest BCUT2D eigenvalue weighted by molar-refractivity contribution is 6.07. The number of rotatable bonds is 7. The molecule has 3 aromatic carbocycles. The van der Waals surface area contributed by atoms with E-state index in [1.807, 2.05) is 85.8 Å². The van der Waals surface area contributed by atoms with Crippen LogP contribution < -0.4 is 21.1 Å². The van der Waals surface area contributed by atoms with Crippen molar-refractivity contribution in [1.29, 1.82) is 0 Å². The van der Waals surface area contributed by atoms with Crippen molar-refractivity contribution in [2.75, 3.05) is 23.0 Å². The molecule has 0 aliphatic heterocycles. The Bertz CT molecular complexity index is 1680. The minimum atomic E-state index is -0.360. The van der Waals surface area contributed by atoms with Gasteiger partial charge in [-0.25, -0.2) is 14.5 Å². The molecule has 1 atom stereocenters. The van der Waals surface area contributed by atoms with Crippen LogP contribution in [0.4, 0.5) is 22.1 Å². The average Bonchev–Trinajstić information content (AvgIpc) is 3.37. The van der Waals surface area contributed by atoms with E-state index in [-0.39, 0.29) is 17.4 Å². The van der Waals surface area contributed by atoms with Crippen LogP contribution in [0.1, 0.15) is 50.4 Å². The minimum absolute atomic E-state index is 0.124. The topological polar surface area (TPSA) is 107 Å². The SMILES string of the molecule is Cc1ccc(-n2nc(C(C)(C)C)cc2NC(=O)Nc2ccc(OCC(C)c3ccnc(N)c3)c3ccccc23)cc1. The Balaban J connectivity index is 1.36. The third kappa shape index (κ3) is 6.32. The van der Waals surface area contributed by atoms with Gasteiger partial charge in [0.15, 0.2) is 0 Å². The highest BCUT2D eigenvalue weighted by Gasteiger charge is 2.22. The van der Waals surface area contributed by atoms with Crippen molar-refractivity contribution in [3.05, 3.63) is 102 Å². The number of nitrogens with zero attached hydrogens (tertiary/aromatic N) is 3. The number of benzene rings is 3. The van der Waals surface area contributed by atoms with Gasteiger partial charge in [-0.3, -0.25) is 5.32 Å². The van der Waals surface area contributed by atoms with Crippen molar-refractivity contribution in [2.45, 2.75) is 46.0 Å². The van der Waals surface area contributed by atoms with Gasteiger partial charge in [0.25, 0.3) is 0 Å². The van der Waals surface area contributed by atoms with E-state index < -0.39 is 0 Å². The predicted octanol–water partition coefficient (Wildman–Crippen LogP) is 7.44. The van der Waals surface area contributed by atoms with E-state index in [1.165, 1.54) is 0 Å². The molecule has 0 aliphatic carbocycles. The lowest BCUT2D eigenvalue weighted by molar-refractivity contribution is 0.262. The maximum Gasteiger partial charge on any atom is 0.324 e. The van der Waals surface area contributed by atoms with Crippen LogP contribution in [0.3, 0.4) is 0 Å². The molecule has 0 bridgehead atoms. The van der Waals surface area contributed by atoms with Gasteiger partial charge >= 0.3 is 6.03 Å². The summed E-state index contributed by atoms with van der Waals surface area (Å²) in [6.07, 6.45) is 1.71. The molecule has 8 nitrogen and oxygen atoms in total. The molecule has 0 fully saturated rings. The Hall–Kier alpha value is -4.85. The third-order valence-corrected chi connectivity index (χ3v) is 6.99. The van der Waals surface area contributed by atoms with Gasteiger partial charge in [-0.15, -0.1) is 0 Å². The fraction of sp³-hybridized carbons (Fsp3) is 0.242. The van der Waals surface area contributed by atoms with Crippen molar-refractivity contribution in [3.8, 4) is 11.4 Å². The third-order valence-electron chi connectivity index (χ3n) is 6.99. The number of nitrogen functional groups attached to an aromatic ring is 1. The van der Waals surface area contributed by atoms with Crippen LogP contribution in [-0.2, 0) is 5.41 Å². The zero-order chi connectivity index (χ0) is 29.1. The summed E-state index contributed by atoms with van der Waals surface area (Å²) < 4.78 is 8.01. The van der Waals surface area contributed by atoms with Gasteiger partial charge in [0, 0.05) is 34.4 Å². The summed E-state index contributed by atoms with van der Waals surface area (Å²) in [6, 6.07) is 25.0. The first-order valence-electron chi connectivity index (χ1n) is 13.7. The second kappa shape index (κ2) is 11.3. The van der Waals surface area contributed by atoms with Crippen LogP contribution in [0, 0.1) is 6.92 Å². The number of carbonyl (C=O) groups excluding carboxylic acids is 1. The maximum atomic E-state index is 13.3. The number of hydrogen-bond acceptors (Lipinski definition) is 5. The summed E-state index contributed by atoms with van der Waals surface area (Å²) in [5, 5.41) is 12.6. The first kappa shape index (κ1) is 27.7. The van der Waals surface area contributed by atoms with Gasteiger partial charge in [0.1, 0.15) is 17.4 Å². The molecular formula is C33H36N6O2. The summed E-state index contributed by atoms with van der Waals surface area (Å²) in [5.41, 5.74) is 10.3. The smallest absolute Gasteiger partial charge is 0.324 e. The molecule has 8 heteroatoms. The zero-order valence-electron chi connectivity index (χ0n) is 24.1. The molecule has 0 saturated carbocycles. The standard InChI is InChI=1S/C33H36N6O2/c1-21-10-12-24(13-11-21)39-31(19-29(38-39)33(3,4)5)37-32(40)36-27-14-15-28(26-9-7-6-8-25(26)27)41-20-22(2)23-16-17-35-30(34)18-23/h6-19,22H,20H2,1-5H3,(H2,34,35)(H2,36,37,40). The van der Waals surface area contributed by atoms with Crippen LogP contribution >= 0.6 is 0 Å². The Morgan fingerprint density at radius 3 is 2.41 bits per heavy atom. The average molecular weight is 549 g/mol. The van der Waals surface area contributed by atoms with Gasteiger partial charge in [0.2, 0.25) is 0 Å². The molecule has 1 unspecified atom stereocenters.